The summed E-state index contributed by atoms with van der Waals surface area (Å²) < 4.78 is 0. The van der Waals surface area contributed by atoms with Crippen molar-refractivity contribution in [3.8, 4) is 0 Å². The van der Waals surface area contributed by atoms with Gasteiger partial charge in [0, 0.05) is 23.8 Å². The van der Waals surface area contributed by atoms with E-state index >= 15 is 0 Å². The summed E-state index contributed by atoms with van der Waals surface area (Å²) in [6, 6.07) is 0.496. The molecule has 1 aromatic heterocycles. The van der Waals surface area contributed by atoms with Crippen molar-refractivity contribution in [2.45, 2.75) is 26.3 Å². The van der Waals surface area contributed by atoms with E-state index in [1.54, 1.807) is 11.3 Å². The molecule has 0 saturated heterocycles. The highest BCUT2D eigenvalue weighted by molar-refractivity contribution is 9.09. The number of alkyl halides is 1. The van der Waals surface area contributed by atoms with Crippen molar-refractivity contribution < 1.29 is 0 Å². The van der Waals surface area contributed by atoms with E-state index < -0.39 is 0 Å². The number of anilines is 1. The largest absolute Gasteiger partial charge is 0.348 e. The molecule has 13 heavy (non-hydrogen) atoms. The molecule has 0 aromatic carbocycles. The van der Waals surface area contributed by atoms with Crippen LogP contribution >= 0.6 is 27.3 Å². The lowest BCUT2D eigenvalue weighted by atomic mass is 10.4. The first-order chi connectivity index (χ1) is 6.19. The molecular weight excluding hydrogens is 248 g/mol. The Labute approximate surface area is 92.1 Å². The van der Waals surface area contributed by atoms with E-state index in [2.05, 4.69) is 52.1 Å². The van der Waals surface area contributed by atoms with E-state index in [4.69, 9.17) is 0 Å². The van der Waals surface area contributed by atoms with Crippen LogP contribution in [0.15, 0.2) is 5.38 Å². The smallest absolute Gasteiger partial charge is 0.185 e. The molecule has 0 spiro atoms. The molecule has 0 aliphatic heterocycles. The molecular formula is C9H15BrN2S. The zero-order valence-corrected chi connectivity index (χ0v) is 10.7. The third-order valence-corrected chi connectivity index (χ3v) is 4.01. The molecule has 0 aliphatic carbocycles. The normalized spacial score (nSPS) is 12.9. The van der Waals surface area contributed by atoms with Crippen LogP contribution in [0, 0.1) is 0 Å². The summed E-state index contributed by atoms with van der Waals surface area (Å²) in [5, 5.41) is 4.22. The molecule has 1 aromatic rings. The molecule has 0 N–H and O–H groups in total. The number of thiazole rings is 1. The van der Waals surface area contributed by atoms with Crippen LogP contribution in [0.25, 0.3) is 0 Å². The molecule has 0 bridgehead atoms. The molecule has 0 radical (unpaired) electrons. The van der Waals surface area contributed by atoms with E-state index in [1.807, 2.05) is 0 Å². The van der Waals surface area contributed by atoms with Gasteiger partial charge in [0.05, 0.1) is 5.69 Å². The van der Waals surface area contributed by atoms with Crippen molar-refractivity contribution in [2.75, 3.05) is 17.3 Å². The molecule has 0 amide bonds. The molecule has 74 valence electrons. The Bertz CT molecular complexity index is 262. The summed E-state index contributed by atoms with van der Waals surface area (Å²) >= 11 is 5.19. The van der Waals surface area contributed by atoms with Crippen molar-refractivity contribution in [1.29, 1.82) is 0 Å². The van der Waals surface area contributed by atoms with Gasteiger partial charge in [0.15, 0.2) is 5.13 Å². The van der Waals surface area contributed by atoms with Gasteiger partial charge in [-0.25, -0.2) is 4.98 Å². The quantitative estimate of drug-likeness (QED) is 0.776. The maximum atomic E-state index is 4.52. The van der Waals surface area contributed by atoms with Gasteiger partial charge in [0.1, 0.15) is 0 Å². The lowest BCUT2D eigenvalue weighted by molar-refractivity contribution is 0.764. The van der Waals surface area contributed by atoms with Gasteiger partial charge in [0.25, 0.3) is 0 Å². The highest BCUT2D eigenvalue weighted by atomic mass is 79.9. The lowest BCUT2D eigenvalue weighted by Crippen LogP contribution is -2.29. The highest BCUT2D eigenvalue weighted by Gasteiger charge is 2.11. The molecule has 0 saturated carbocycles. The lowest BCUT2D eigenvalue weighted by Gasteiger charge is -2.21. The minimum absolute atomic E-state index is 0.496. The highest BCUT2D eigenvalue weighted by Crippen LogP contribution is 2.21. The molecule has 1 atom stereocenters. The van der Waals surface area contributed by atoms with Gasteiger partial charge in [0.2, 0.25) is 0 Å². The van der Waals surface area contributed by atoms with Crippen molar-refractivity contribution in [3.63, 3.8) is 0 Å². The summed E-state index contributed by atoms with van der Waals surface area (Å²) in [5.41, 5.74) is 1.19. The fraction of sp³-hybridized carbons (Fsp3) is 0.667. The van der Waals surface area contributed by atoms with Gasteiger partial charge in [-0.3, -0.25) is 0 Å². The molecule has 4 heteroatoms. The van der Waals surface area contributed by atoms with Crippen LogP contribution in [-0.2, 0) is 6.42 Å². The fourth-order valence-electron chi connectivity index (χ4n) is 0.913. The standard InChI is InChI=1S/C9H15BrN2S/c1-4-8-6-13-9(11-8)12(3)7(2)5-10/h6-7H,4-5H2,1-3H3. The van der Waals surface area contributed by atoms with Crippen LogP contribution < -0.4 is 4.90 Å². The van der Waals surface area contributed by atoms with Crippen LogP contribution in [-0.4, -0.2) is 23.4 Å². The van der Waals surface area contributed by atoms with Crippen molar-refractivity contribution >= 4 is 32.4 Å². The Hall–Kier alpha value is -0.0900. The summed E-state index contributed by atoms with van der Waals surface area (Å²) in [4.78, 5) is 6.73. The molecule has 0 aliphatic rings. The zero-order valence-electron chi connectivity index (χ0n) is 8.25. The van der Waals surface area contributed by atoms with Gasteiger partial charge in [-0.1, -0.05) is 22.9 Å². The number of nitrogens with zero attached hydrogens (tertiary/aromatic N) is 2. The van der Waals surface area contributed by atoms with Crippen LogP contribution in [0.2, 0.25) is 0 Å². The van der Waals surface area contributed by atoms with Gasteiger partial charge in [-0.15, -0.1) is 11.3 Å². The Kier molecular flexibility index (Phi) is 4.19. The van der Waals surface area contributed by atoms with Crippen molar-refractivity contribution in [1.82, 2.24) is 4.98 Å². The summed E-state index contributed by atoms with van der Waals surface area (Å²) in [5.74, 6) is 0. The third kappa shape index (κ3) is 2.68. The summed E-state index contributed by atoms with van der Waals surface area (Å²) in [6.07, 6.45) is 1.02. The number of hydrogen-bond donors (Lipinski definition) is 0. The van der Waals surface area contributed by atoms with Crippen LogP contribution in [0.5, 0.6) is 0 Å². The Morgan fingerprint density at radius 2 is 2.38 bits per heavy atom. The average molecular weight is 263 g/mol. The van der Waals surface area contributed by atoms with E-state index in [1.165, 1.54) is 5.69 Å². The second-order valence-electron chi connectivity index (χ2n) is 3.09. The maximum Gasteiger partial charge on any atom is 0.185 e. The second-order valence-corrected chi connectivity index (χ2v) is 4.57. The Morgan fingerprint density at radius 1 is 1.69 bits per heavy atom. The van der Waals surface area contributed by atoms with Gasteiger partial charge in [-0.05, 0) is 13.3 Å². The monoisotopic (exact) mass is 262 g/mol. The summed E-state index contributed by atoms with van der Waals surface area (Å²) in [7, 11) is 2.09. The minimum atomic E-state index is 0.496. The van der Waals surface area contributed by atoms with Gasteiger partial charge < -0.3 is 4.90 Å². The fourth-order valence-corrected chi connectivity index (χ4v) is 2.32. The Balaban J connectivity index is 2.70. The second kappa shape index (κ2) is 4.96. The van der Waals surface area contributed by atoms with Crippen LogP contribution in [0.1, 0.15) is 19.5 Å². The van der Waals surface area contributed by atoms with Gasteiger partial charge in [-0.2, -0.15) is 0 Å². The molecule has 1 heterocycles. The first-order valence-corrected chi connectivity index (χ1v) is 6.42. The first kappa shape index (κ1) is 11.0. The number of hydrogen-bond acceptors (Lipinski definition) is 3. The third-order valence-electron chi connectivity index (χ3n) is 2.09. The first-order valence-electron chi connectivity index (χ1n) is 4.42. The number of aromatic nitrogens is 1. The van der Waals surface area contributed by atoms with Gasteiger partial charge >= 0.3 is 0 Å². The van der Waals surface area contributed by atoms with E-state index in [0.29, 0.717) is 6.04 Å². The molecule has 1 rings (SSSR count). The maximum absolute atomic E-state index is 4.52. The van der Waals surface area contributed by atoms with Crippen molar-refractivity contribution in [2.24, 2.45) is 0 Å². The number of halogens is 1. The molecule has 2 nitrogen and oxygen atoms in total. The average Bonchev–Trinajstić information content (AvgIpc) is 2.63. The van der Waals surface area contributed by atoms with Crippen molar-refractivity contribution in [3.05, 3.63) is 11.1 Å². The van der Waals surface area contributed by atoms with E-state index in [-0.39, 0.29) is 0 Å². The number of rotatable bonds is 4. The predicted octanol–water partition coefficient (Wildman–Crippen LogP) is 2.93. The van der Waals surface area contributed by atoms with E-state index in [0.717, 1.165) is 16.9 Å². The molecule has 1 unspecified atom stereocenters. The summed E-state index contributed by atoms with van der Waals surface area (Å²) in [6.45, 7) is 4.31. The van der Waals surface area contributed by atoms with Crippen LogP contribution in [0.4, 0.5) is 5.13 Å². The number of aryl methyl sites for hydroxylation is 1. The zero-order chi connectivity index (χ0) is 9.84. The topological polar surface area (TPSA) is 16.1 Å². The minimum Gasteiger partial charge on any atom is -0.348 e. The van der Waals surface area contributed by atoms with Crippen LogP contribution in [0.3, 0.4) is 0 Å². The van der Waals surface area contributed by atoms with E-state index in [9.17, 15) is 0 Å². The SMILES string of the molecule is CCc1csc(N(C)C(C)CBr)n1. The predicted molar refractivity (Wildman–Crippen MR) is 63.2 cm³/mol. The Morgan fingerprint density at radius 3 is 2.85 bits per heavy atom. The molecule has 0 fully saturated rings.